The maximum Gasteiger partial charge on any atom is 0.107 e. The Labute approximate surface area is 108 Å². The van der Waals surface area contributed by atoms with Gasteiger partial charge in [0.25, 0.3) is 0 Å². The van der Waals surface area contributed by atoms with Crippen molar-refractivity contribution in [3.05, 3.63) is 48.0 Å². The minimum Gasteiger partial charge on any atom is -0.383 e. The van der Waals surface area contributed by atoms with Crippen molar-refractivity contribution < 1.29 is 5.11 Å². The SMILES string of the molecule is CC(C)(C)C(O)(CN)c1cccc2ccccc12. The first-order valence-corrected chi connectivity index (χ1v) is 6.31. The van der Waals surface area contributed by atoms with Gasteiger partial charge in [-0.2, -0.15) is 0 Å². The van der Waals surface area contributed by atoms with Gasteiger partial charge in [-0.1, -0.05) is 63.2 Å². The molecule has 0 fully saturated rings. The smallest absolute Gasteiger partial charge is 0.107 e. The fourth-order valence-corrected chi connectivity index (χ4v) is 2.41. The largest absolute Gasteiger partial charge is 0.383 e. The predicted molar refractivity (Wildman–Crippen MR) is 76.4 cm³/mol. The Morgan fingerprint density at radius 2 is 1.61 bits per heavy atom. The second-order valence-electron chi connectivity index (χ2n) is 5.84. The summed E-state index contributed by atoms with van der Waals surface area (Å²) in [5.74, 6) is 0. The fourth-order valence-electron chi connectivity index (χ4n) is 2.41. The quantitative estimate of drug-likeness (QED) is 0.851. The molecule has 2 rings (SSSR count). The molecular weight excluding hydrogens is 222 g/mol. The van der Waals surface area contributed by atoms with E-state index in [-0.39, 0.29) is 12.0 Å². The van der Waals surface area contributed by atoms with Gasteiger partial charge in [0.2, 0.25) is 0 Å². The minimum atomic E-state index is -1.02. The summed E-state index contributed by atoms with van der Waals surface area (Å²) in [5, 5.41) is 13.2. The van der Waals surface area contributed by atoms with Gasteiger partial charge < -0.3 is 10.8 Å². The molecule has 2 nitrogen and oxygen atoms in total. The molecule has 0 aliphatic carbocycles. The second kappa shape index (κ2) is 4.38. The minimum absolute atomic E-state index is 0.213. The Bertz CT molecular complexity index is 551. The Balaban J connectivity index is 2.74. The topological polar surface area (TPSA) is 46.2 Å². The molecule has 0 bridgehead atoms. The van der Waals surface area contributed by atoms with Gasteiger partial charge in [0.15, 0.2) is 0 Å². The van der Waals surface area contributed by atoms with Crippen LogP contribution in [0.3, 0.4) is 0 Å². The second-order valence-corrected chi connectivity index (χ2v) is 5.84. The summed E-state index contributed by atoms with van der Waals surface area (Å²) in [7, 11) is 0. The zero-order valence-corrected chi connectivity index (χ0v) is 11.3. The Kier molecular flexibility index (Phi) is 3.18. The highest BCUT2D eigenvalue weighted by Gasteiger charge is 2.41. The van der Waals surface area contributed by atoms with E-state index in [1.807, 2.05) is 51.1 Å². The summed E-state index contributed by atoms with van der Waals surface area (Å²) >= 11 is 0. The third-order valence-corrected chi connectivity index (χ3v) is 3.77. The van der Waals surface area contributed by atoms with Crippen molar-refractivity contribution in [3.8, 4) is 0 Å². The number of nitrogens with two attached hydrogens (primary N) is 1. The Morgan fingerprint density at radius 3 is 2.22 bits per heavy atom. The molecule has 0 aliphatic heterocycles. The molecule has 18 heavy (non-hydrogen) atoms. The first kappa shape index (κ1) is 13.1. The van der Waals surface area contributed by atoms with Crippen LogP contribution in [0.4, 0.5) is 0 Å². The zero-order chi connectivity index (χ0) is 13.4. The number of hydrogen-bond donors (Lipinski definition) is 2. The van der Waals surface area contributed by atoms with Gasteiger partial charge in [-0.25, -0.2) is 0 Å². The lowest BCUT2D eigenvalue weighted by Crippen LogP contribution is -2.46. The molecule has 1 atom stereocenters. The van der Waals surface area contributed by atoms with Crippen molar-refractivity contribution in [3.63, 3.8) is 0 Å². The number of benzene rings is 2. The van der Waals surface area contributed by atoms with Crippen molar-refractivity contribution in [2.75, 3.05) is 6.54 Å². The third-order valence-electron chi connectivity index (χ3n) is 3.77. The van der Waals surface area contributed by atoms with Crippen LogP contribution in [0.2, 0.25) is 0 Å². The fraction of sp³-hybridized carbons (Fsp3) is 0.375. The third kappa shape index (κ3) is 1.92. The van der Waals surface area contributed by atoms with Gasteiger partial charge in [-0.3, -0.25) is 0 Å². The van der Waals surface area contributed by atoms with Crippen molar-refractivity contribution in [1.82, 2.24) is 0 Å². The van der Waals surface area contributed by atoms with Gasteiger partial charge in [0.1, 0.15) is 5.60 Å². The summed E-state index contributed by atoms with van der Waals surface area (Å²) in [4.78, 5) is 0. The van der Waals surface area contributed by atoms with E-state index in [0.717, 1.165) is 16.3 Å². The highest BCUT2D eigenvalue weighted by Crippen LogP contribution is 2.41. The molecule has 2 aromatic carbocycles. The highest BCUT2D eigenvalue weighted by molar-refractivity contribution is 5.86. The van der Waals surface area contributed by atoms with E-state index in [9.17, 15) is 5.11 Å². The summed E-state index contributed by atoms with van der Waals surface area (Å²) in [6.45, 7) is 6.26. The van der Waals surface area contributed by atoms with Gasteiger partial charge in [-0.15, -0.1) is 0 Å². The molecule has 0 heterocycles. The standard InChI is InChI=1S/C16H21NO/c1-15(2,3)16(18,11-17)14-10-6-8-12-7-4-5-9-13(12)14/h4-10,18H,11,17H2,1-3H3. The van der Waals surface area contributed by atoms with E-state index in [0.29, 0.717) is 0 Å². The normalized spacial score (nSPS) is 15.6. The van der Waals surface area contributed by atoms with Crippen LogP contribution < -0.4 is 5.73 Å². The van der Waals surface area contributed by atoms with E-state index in [2.05, 4.69) is 12.1 Å². The Hall–Kier alpha value is -1.38. The molecule has 3 N–H and O–H groups in total. The monoisotopic (exact) mass is 243 g/mol. The van der Waals surface area contributed by atoms with Crippen LogP contribution in [0.25, 0.3) is 10.8 Å². The number of aliphatic hydroxyl groups is 1. The molecule has 0 spiro atoms. The summed E-state index contributed by atoms with van der Waals surface area (Å²) in [6, 6.07) is 14.1. The van der Waals surface area contributed by atoms with E-state index in [4.69, 9.17) is 5.73 Å². The van der Waals surface area contributed by atoms with Crippen molar-refractivity contribution in [1.29, 1.82) is 0 Å². The summed E-state index contributed by atoms with van der Waals surface area (Å²) in [6.07, 6.45) is 0. The van der Waals surface area contributed by atoms with Gasteiger partial charge in [0.05, 0.1) is 0 Å². The Morgan fingerprint density at radius 1 is 1.00 bits per heavy atom. The lowest BCUT2D eigenvalue weighted by atomic mass is 9.71. The number of rotatable bonds is 2. The summed E-state index contributed by atoms with van der Waals surface area (Å²) in [5.41, 5.74) is 5.45. The molecule has 0 amide bonds. The highest BCUT2D eigenvalue weighted by atomic mass is 16.3. The van der Waals surface area contributed by atoms with Gasteiger partial charge >= 0.3 is 0 Å². The molecule has 0 radical (unpaired) electrons. The van der Waals surface area contributed by atoms with Crippen LogP contribution >= 0.6 is 0 Å². The molecule has 2 aromatic rings. The lowest BCUT2D eigenvalue weighted by molar-refractivity contribution is -0.0544. The zero-order valence-electron chi connectivity index (χ0n) is 11.3. The maximum absolute atomic E-state index is 11.0. The summed E-state index contributed by atoms with van der Waals surface area (Å²) < 4.78 is 0. The average Bonchev–Trinajstić information content (AvgIpc) is 2.35. The van der Waals surface area contributed by atoms with Crippen LogP contribution in [-0.4, -0.2) is 11.7 Å². The molecule has 0 aromatic heterocycles. The van der Waals surface area contributed by atoms with Crippen molar-refractivity contribution in [2.24, 2.45) is 11.1 Å². The van der Waals surface area contributed by atoms with Crippen LogP contribution in [-0.2, 0) is 5.60 Å². The molecular formula is C16H21NO. The van der Waals surface area contributed by atoms with E-state index in [1.165, 1.54) is 0 Å². The molecule has 0 aliphatic rings. The van der Waals surface area contributed by atoms with Crippen LogP contribution in [0.1, 0.15) is 26.3 Å². The van der Waals surface area contributed by atoms with Gasteiger partial charge in [0, 0.05) is 6.54 Å². The molecule has 0 saturated carbocycles. The number of hydrogen-bond acceptors (Lipinski definition) is 2. The van der Waals surface area contributed by atoms with Crippen LogP contribution in [0.5, 0.6) is 0 Å². The van der Waals surface area contributed by atoms with E-state index < -0.39 is 5.60 Å². The van der Waals surface area contributed by atoms with E-state index in [1.54, 1.807) is 0 Å². The first-order chi connectivity index (χ1) is 8.40. The lowest BCUT2D eigenvalue weighted by Gasteiger charge is -2.40. The van der Waals surface area contributed by atoms with Crippen LogP contribution in [0, 0.1) is 5.41 Å². The average molecular weight is 243 g/mol. The predicted octanol–water partition coefficient (Wildman–Crippen LogP) is 3.03. The maximum atomic E-state index is 11.0. The molecule has 1 unspecified atom stereocenters. The molecule has 0 saturated heterocycles. The molecule has 96 valence electrons. The molecule has 2 heteroatoms. The van der Waals surface area contributed by atoms with Crippen molar-refractivity contribution >= 4 is 10.8 Å². The van der Waals surface area contributed by atoms with Crippen molar-refractivity contribution in [2.45, 2.75) is 26.4 Å². The number of fused-ring (bicyclic) bond motifs is 1. The van der Waals surface area contributed by atoms with E-state index >= 15 is 0 Å². The first-order valence-electron chi connectivity index (χ1n) is 6.31. The van der Waals surface area contributed by atoms with Crippen LogP contribution in [0.15, 0.2) is 42.5 Å². The van der Waals surface area contributed by atoms with Gasteiger partial charge in [-0.05, 0) is 21.8 Å².